The van der Waals surface area contributed by atoms with E-state index in [1.54, 1.807) is 12.1 Å². The van der Waals surface area contributed by atoms with Gasteiger partial charge in [0, 0.05) is 39.2 Å². The van der Waals surface area contributed by atoms with Gasteiger partial charge in [0.1, 0.15) is 30.4 Å². The maximum absolute atomic E-state index is 11.7. The van der Waals surface area contributed by atoms with Crippen LogP contribution in [0.25, 0.3) is 0 Å². The minimum Gasteiger partial charge on any atom is -0.507 e. The highest BCUT2D eigenvalue weighted by atomic mass is 16.5. The van der Waals surface area contributed by atoms with E-state index in [2.05, 4.69) is 5.32 Å². The van der Waals surface area contributed by atoms with Crippen LogP contribution in [0.4, 0.5) is 0 Å². The van der Waals surface area contributed by atoms with E-state index in [0.717, 1.165) is 13.6 Å². The molecule has 1 fully saturated rings. The van der Waals surface area contributed by atoms with Gasteiger partial charge in [-0.3, -0.25) is 9.69 Å². The summed E-state index contributed by atoms with van der Waals surface area (Å²) in [6.45, 7) is 4.35. The highest BCUT2D eigenvalue weighted by Crippen LogP contribution is 2.33. The number of carbonyl (C=O) groups excluding carboxylic acids is 1. The van der Waals surface area contributed by atoms with E-state index >= 15 is 0 Å². The molecule has 1 heterocycles. The molecule has 28 heavy (non-hydrogen) atoms. The predicted molar refractivity (Wildman–Crippen MR) is 107 cm³/mol. The molecule has 8 nitrogen and oxygen atoms in total. The molecular weight excluding hydrogens is 363 g/mol. The fraction of sp³-hybridized carbons (Fsp3) is 0.579. The van der Waals surface area contributed by atoms with E-state index in [9.17, 15) is 19.8 Å². The Kier molecular flexibility index (Phi) is 8.59. The summed E-state index contributed by atoms with van der Waals surface area (Å²) in [6.07, 6.45) is 2.24. The normalized spacial score (nSPS) is 14.4. The third kappa shape index (κ3) is 6.14. The quantitative estimate of drug-likeness (QED) is 0.302. The molecule has 0 aromatic heterocycles. The first-order valence-electron chi connectivity index (χ1n) is 9.81. The second-order valence-corrected chi connectivity index (χ2v) is 7.03. The van der Waals surface area contributed by atoms with Gasteiger partial charge in [-0.15, -0.1) is 0 Å². The van der Waals surface area contributed by atoms with Crippen LogP contribution in [0.5, 0.6) is 11.5 Å². The fourth-order valence-electron chi connectivity index (χ4n) is 3.10. The number of aliphatic hydroxyl groups excluding tert-OH is 1. The van der Waals surface area contributed by atoms with Gasteiger partial charge in [0.25, 0.3) is 0 Å². The zero-order valence-corrected chi connectivity index (χ0v) is 16.3. The topological polar surface area (TPSA) is 119 Å². The van der Waals surface area contributed by atoms with Gasteiger partial charge < -0.3 is 25.4 Å². The number of rotatable bonds is 12. The SMILES string of the molecule is CBCCc1ccc(OC2CN(CCC(=O)NCCCO)C2)c(C(=O)O)c1O. The molecule has 4 N–H and O–H groups in total. The second kappa shape index (κ2) is 10.9. The Hall–Kier alpha value is -2.26. The van der Waals surface area contributed by atoms with Gasteiger partial charge in [-0.2, -0.15) is 0 Å². The van der Waals surface area contributed by atoms with Gasteiger partial charge in [-0.05, 0) is 24.5 Å². The Labute approximate surface area is 165 Å². The van der Waals surface area contributed by atoms with Crippen LogP contribution in [0.3, 0.4) is 0 Å². The molecular formula is C19H29BN2O6. The number of likely N-dealkylation sites (tertiary alicyclic amines) is 1. The van der Waals surface area contributed by atoms with Crippen molar-refractivity contribution in [2.24, 2.45) is 0 Å². The lowest BCUT2D eigenvalue weighted by Crippen LogP contribution is -2.54. The molecule has 1 aliphatic heterocycles. The van der Waals surface area contributed by atoms with Gasteiger partial charge in [0.05, 0.1) is 0 Å². The molecule has 1 saturated heterocycles. The highest BCUT2D eigenvalue weighted by Gasteiger charge is 2.30. The Bertz CT molecular complexity index is 679. The molecule has 0 atom stereocenters. The molecule has 0 bridgehead atoms. The van der Waals surface area contributed by atoms with Crippen molar-refractivity contribution in [3.63, 3.8) is 0 Å². The van der Waals surface area contributed by atoms with Gasteiger partial charge in [-0.25, -0.2) is 4.79 Å². The summed E-state index contributed by atoms with van der Waals surface area (Å²) in [6, 6.07) is 3.34. The summed E-state index contributed by atoms with van der Waals surface area (Å²) in [5.41, 5.74) is 0.435. The average molecular weight is 392 g/mol. The second-order valence-electron chi connectivity index (χ2n) is 7.03. The van der Waals surface area contributed by atoms with E-state index in [-0.39, 0.29) is 35.7 Å². The number of aryl methyl sites for hydroxylation is 1. The number of nitrogens with zero attached hydrogens (tertiary/aromatic N) is 1. The predicted octanol–water partition coefficient (Wildman–Crippen LogP) is 0.487. The first-order chi connectivity index (χ1) is 13.5. The number of carbonyl (C=O) groups is 2. The number of phenols is 1. The number of ether oxygens (including phenoxy) is 1. The van der Waals surface area contributed by atoms with Crippen molar-refractivity contribution in [2.45, 2.75) is 38.5 Å². The van der Waals surface area contributed by atoms with Crippen molar-refractivity contribution in [2.75, 3.05) is 32.8 Å². The van der Waals surface area contributed by atoms with Crippen molar-refractivity contribution in [3.05, 3.63) is 23.3 Å². The molecule has 0 saturated carbocycles. The van der Waals surface area contributed by atoms with Gasteiger partial charge in [0.15, 0.2) is 0 Å². The minimum absolute atomic E-state index is 0.0545. The molecule has 1 aromatic rings. The van der Waals surface area contributed by atoms with Crippen LogP contribution in [0, 0.1) is 0 Å². The minimum atomic E-state index is -1.21. The van der Waals surface area contributed by atoms with E-state index in [1.165, 1.54) is 0 Å². The van der Waals surface area contributed by atoms with E-state index < -0.39 is 5.97 Å². The lowest BCUT2D eigenvalue weighted by molar-refractivity contribution is -0.122. The van der Waals surface area contributed by atoms with Gasteiger partial charge in [-0.1, -0.05) is 19.2 Å². The number of amides is 1. The number of benzene rings is 1. The fourth-order valence-corrected chi connectivity index (χ4v) is 3.10. The Morgan fingerprint density at radius 3 is 2.75 bits per heavy atom. The highest BCUT2D eigenvalue weighted by molar-refractivity contribution is 6.33. The van der Waals surface area contributed by atoms with Crippen molar-refractivity contribution in [1.29, 1.82) is 0 Å². The number of hydrogen-bond donors (Lipinski definition) is 4. The van der Waals surface area contributed by atoms with E-state index in [4.69, 9.17) is 9.84 Å². The molecule has 154 valence electrons. The van der Waals surface area contributed by atoms with Crippen LogP contribution in [0.1, 0.15) is 28.8 Å². The number of nitrogens with one attached hydrogen (secondary N) is 1. The lowest BCUT2D eigenvalue weighted by atomic mass is 9.75. The summed E-state index contributed by atoms with van der Waals surface area (Å²) in [4.78, 5) is 25.3. The average Bonchev–Trinajstić information content (AvgIpc) is 2.62. The number of hydrogen-bond acceptors (Lipinski definition) is 6. The van der Waals surface area contributed by atoms with Crippen LogP contribution in [-0.4, -0.2) is 78.3 Å². The Morgan fingerprint density at radius 2 is 2.11 bits per heavy atom. The molecule has 0 unspecified atom stereocenters. The van der Waals surface area contributed by atoms with Crippen molar-refractivity contribution >= 4 is 19.2 Å². The molecule has 2 rings (SSSR count). The van der Waals surface area contributed by atoms with Gasteiger partial charge >= 0.3 is 5.97 Å². The molecule has 0 radical (unpaired) electrons. The van der Waals surface area contributed by atoms with Crippen LogP contribution >= 0.6 is 0 Å². The van der Waals surface area contributed by atoms with Crippen LogP contribution in [0.2, 0.25) is 13.1 Å². The van der Waals surface area contributed by atoms with Crippen LogP contribution in [-0.2, 0) is 11.2 Å². The Morgan fingerprint density at radius 1 is 1.36 bits per heavy atom. The van der Waals surface area contributed by atoms with E-state index in [1.807, 2.05) is 11.7 Å². The monoisotopic (exact) mass is 392 g/mol. The molecule has 0 spiro atoms. The molecule has 1 amide bonds. The maximum atomic E-state index is 11.7. The standard InChI is InChI=1S/C19H29BN2O6/c1-20-7-5-13-3-4-15(17(18(13)25)19(26)27)28-14-11-22(12-14)9-6-16(24)21-8-2-10-23/h3-4,14,20,23,25H,2,5-12H2,1H3,(H,21,24)(H,26,27). The number of carboxylic acids is 1. The first kappa shape index (κ1) is 22.0. The zero-order chi connectivity index (χ0) is 20.5. The molecule has 1 aliphatic rings. The molecule has 1 aromatic carbocycles. The number of aliphatic hydroxyl groups is 1. The Balaban J connectivity index is 1.84. The van der Waals surface area contributed by atoms with Crippen molar-refractivity contribution < 1.29 is 29.6 Å². The molecule has 9 heteroatoms. The summed E-state index contributed by atoms with van der Waals surface area (Å²) >= 11 is 0. The third-order valence-corrected chi connectivity index (χ3v) is 4.77. The van der Waals surface area contributed by atoms with Crippen LogP contribution in [0.15, 0.2) is 12.1 Å². The summed E-state index contributed by atoms with van der Waals surface area (Å²) < 4.78 is 5.79. The third-order valence-electron chi connectivity index (χ3n) is 4.77. The number of carboxylic acid groups (broad SMARTS) is 1. The van der Waals surface area contributed by atoms with E-state index in [0.29, 0.717) is 51.0 Å². The first-order valence-corrected chi connectivity index (χ1v) is 9.81. The smallest absolute Gasteiger partial charge is 0.343 e. The van der Waals surface area contributed by atoms with Crippen molar-refractivity contribution in [3.8, 4) is 11.5 Å². The lowest BCUT2D eigenvalue weighted by Gasteiger charge is -2.39. The number of aromatic hydroxyl groups is 1. The summed E-state index contributed by atoms with van der Waals surface area (Å²) in [5, 5.41) is 31.2. The number of aromatic carboxylic acids is 1. The van der Waals surface area contributed by atoms with Gasteiger partial charge in [0.2, 0.25) is 5.91 Å². The summed E-state index contributed by atoms with van der Waals surface area (Å²) in [7, 11) is 0.956. The molecule has 0 aliphatic carbocycles. The maximum Gasteiger partial charge on any atom is 0.343 e. The van der Waals surface area contributed by atoms with Crippen molar-refractivity contribution in [1.82, 2.24) is 10.2 Å². The van der Waals surface area contributed by atoms with Crippen LogP contribution < -0.4 is 10.1 Å². The largest absolute Gasteiger partial charge is 0.507 e. The zero-order valence-electron chi connectivity index (χ0n) is 16.3. The summed E-state index contributed by atoms with van der Waals surface area (Å²) in [5.74, 6) is -1.30.